The minimum atomic E-state index is -4.10. The number of halogens is 2. The first kappa shape index (κ1) is 23.6. The maximum Gasteiger partial charge on any atom is 0.245 e. The third-order valence-corrected chi connectivity index (χ3v) is 7.72. The molecule has 0 saturated carbocycles. The second-order valence-electron chi connectivity index (χ2n) is 6.58. The van der Waals surface area contributed by atoms with Crippen molar-refractivity contribution in [3.05, 3.63) is 88.4 Å². The molecule has 0 aliphatic rings. The molecule has 3 rings (SSSR count). The number of hydrogen-bond donors (Lipinski definition) is 1. The van der Waals surface area contributed by atoms with E-state index in [1.54, 1.807) is 36.4 Å². The lowest BCUT2D eigenvalue weighted by Crippen LogP contribution is -2.37. The fraction of sp³-hybridized carbons (Fsp3) is 0.136. The van der Waals surface area contributed by atoms with E-state index in [0.717, 1.165) is 14.8 Å². The summed E-state index contributed by atoms with van der Waals surface area (Å²) < 4.78 is 27.9. The van der Waals surface area contributed by atoms with E-state index in [9.17, 15) is 13.2 Å². The summed E-state index contributed by atoms with van der Waals surface area (Å²) in [5, 5.41) is 3.08. The molecule has 0 heterocycles. The second kappa shape index (κ2) is 10.5. The smallest absolute Gasteiger partial charge is 0.245 e. The largest absolute Gasteiger partial charge is 0.324 e. The fourth-order valence-electron chi connectivity index (χ4n) is 2.92. The van der Waals surface area contributed by atoms with Crippen molar-refractivity contribution in [1.29, 1.82) is 0 Å². The summed E-state index contributed by atoms with van der Waals surface area (Å²) in [5.74, 6) is -0.459. The number of carbonyl (C=O) groups is 1. The Labute approximate surface area is 196 Å². The molecule has 0 aromatic heterocycles. The second-order valence-corrected chi connectivity index (χ2v) is 10.2. The molecule has 0 aliphatic heterocycles. The Morgan fingerprint density at radius 3 is 2.39 bits per heavy atom. The molecule has 0 unspecified atom stereocenters. The zero-order valence-electron chi connectivity index (χ0n) is 16.6. The molecule has 0 saturated heterocycles. The van der Waals surface area contributed by atoms with E-state index in [1.807, 2.05) is 24.5 Å². The van der Waals surface area contributed by atoms with Gasteiger partial charge in [0.05, 0.1) is 17.3 Å². The number of sulfonamides is 1. The van der Waals surface area contributed by atoms with Gasteiger partial charge in [0.2, 0.25) is 15.9 Å². The number of carbonyl (C=O) groups excluding carboxylic acids is 1. The average molecular weight is 495 g/mol. The van der Waals surface area contributed by atoms with Crippen molar-refractivity contribution < 1.29 is 13.2 Å². The number of amides is 1. The number of nitrogens with one attached hydrogen (secondary N) is 1. The summed E-state index contributed by atoms with van der Waals surface area (Å²) in [7, 11) is -4.10. The van der Waals surface area contributed by atoms with Gasteiger partial charge in [0.25, 0.3) is 0 Å². The molecule has 1 amide bonds. The Kier molecular flexibility index (Phi) is 8.02. The molecule has 3 aromatic carbocycles. The van der Waals surface area contributed by atoms with Crippen LogP contribution in [0.2, 0.25) is 10.0 Å². The summed E-state index contributed by atoms with van der Waals surface area (Å²) in [6.07, 6.45) is 1.90. The van der Waals surface area contributed by atoms with Crippen molar-refractivity contribution in [2.75, 3.05) is 18.1 Å². The van der Waals surface area contributed by atoms with Crippen molar-refractivity contribution in [3.63, 3.8) is 0 Å². The summed E-state index contributed by atoms with van der Waals surface area (Å²) in [6.45, 7) is -0.383. The maximum absolute atomic E-state index is 13.4. The standard InChI is InChI=1S/C22H20Cl2N2O3S2/c1-30-20-10-6-5-9-19(20)25-22(27)15-26(14-16-7-3-2-4-8-16)31(28,29)21-13-17(23)11-12-18(21)24/h2-13H,14-15H2,1H3,(H,25,27). The minimum Gasteiger partial charge on any atom is -0.324 e. The lowest BCUT2D eigenvalue weighted by Gasteiger charge is -2.23. The molecular formula is C22H20Cl2N2O3S2. The van der Waals surface area contributed by atoms with Gasteiger partial charge in [-0.3, -0.25) is 4.79 Å². The van der Waals surface area contributed by atoms with E-state index < -0.39 is 15.9 Å². The van der Waals surface area contributed by atoms with Crippen LogP contribution in [-0.4, -0.2) is 31.4 Å². The molecule has 1 N–H and O–H groups in total. The molecule has 0 atom stereocenters. The number of anilines is 1. The van der Waals surface area contributed by atoms with Crippen LogP contribution < -0.4 is 5.32 Å². The van der Waals surface area contributed by atoms with Crippen LogP contribution in [0.1, 0.15) is 5.56 Å². The first-order valence-electron chi connectivity index (χ1n) is 9.23. The summed E-state index contributed by atoms with van der Waals surface area (Å²) in [6, 6.07) is 20.6. The zero-order valence-corrected chi connectivity index (χ0v) is 19.7. The predicted octanol–water partition coefficient (Wildman–Crippen LogP) is 5.54. The number of hydrogen-bond acceptors (Lipinski definition) is 4. The Morgan fingerprint density at radius 1 is 1.00 bits per heavy atom. The SMILES string of the molecule is CSc1ccccc1NC(=O)CN(Cc1ccccc1)S(=O)(=O)c1cc(Cl)ccc1Cl. The van der Waals surface area contributed by atoms with Crippen LogP contribution in [0.3, 0.4) is 0 Å². The van der Waals surface area contributed by atoms with Gasteiger partial charge in [-0.05, 0) is 42.2 Å². The van der Waals surface area contributed by atoms with Crippen LogP contribution in [0.4, 0.5) is 5.69 Å². The monoisotopic (exact) mass is 494 g/mol. The normalized spacial score (nSPS) is 11.5. The van der Waals surface area contributed by atoms with Crippen LogP contribution >= 0.6 is 35.0 Å². The zero-order chi connectivity index (χ0) is 22.4. The topological polar surface area (TPSA) is 66.5 Å². The van der Waals surface area contributed by atoms with Crippen molar-refractivity contribution in [2.45, 2.75) is 16.3 Å². The number of para-hydroxylation sites is 1. The van der Waals surface area contributed by atoms with E-state index >= 15 is 0 Å². The van der Waals surface area contributed by atoms with Gasteiger partial charge in [0, 0.05) is 16.5 Å². The lowest BCUT2D eigenvalue weighted by atomic mass is 10.2. The third kappa shape index (κ3) is 6.02. The Morgan fingerprint density at radius 2 is 1.68 bits per heavy atom. The van der Waals surface area contributed by atoms with Crippen LogP contribution in [-0.2, 0) is 21.4 Å². The maximum atomic E-state index is 13.4. The highest BCUT2D eigenvalue weighted by molar-refractivity contribution is 7.98. The fourth-order valence-corrected chi connectivity index (χ4v) is 5.60. The van der Waals surface area contributed by atoms with Crippen molar-refractivity contribution in [2.24, 2.45) is 0 Å². The first-order valence-corrected chi connectivity index (χ1v) is 12.7. The van der Waals surface area contributed by atoms with E-state index in [1.165, 1.54) is 30.0 Å². The molecule has 5 nitrogen and oxygen atoms in total. The highest BCUT2D eigenvalue weighted by atomic mass is 35.5. The summed E-state index contributed by atoms with van der Waals surface area (Å²) in [5.41, 5.74) is 1.36. The van der Waals surface area contributed by atoms with E-state index in [0.29, 0.717) is 5.69 Å². The molecule has 0 aliphatic carbocycles. The Balaban J connectivity index is 1.92. The van der Waals surface area contributed by atoms with Crippen molar-refractivity contribution >= 4 is 56.6 Å². The highest BCUT2D eigenvalue weighted by Crippen LogP contribution is 2.29. The van der Waals surface area contributed by atoms with Crippen LogP contribution in [0, 0.1) is 0 Å². The molecule has 0 fully saturated rings. The Bertz CT molecular complexity index is 1170. The molecule has 31 heavy (non-hydrogen) atoms. The summed E-state index contributed by atoms with van der Waals surface area (Å²) in [4.78, 5) is 13.6. The van der Waals surface area contributed by atoms with Gasteiger partial charge >= 0.3 is 0 Å². The Hall–Kier alpha value is -2.03. The van der Waals surface area contributed by atoms with Gasteiger partial charge in [-0.15, -0.1) is 11.8 Å². The van der Waals surface area contributed by atoms with Crippen molar-refractivity contribution in [1.82, 2.24) is 4.31 Å². The number of thioether (sulfide) groups is 1. The van der Waals surface area contributed by atoms with Gasteiger partial charge in [-0.25, -0.2) is 8.42 Å². The molecule has 0 radical (unpaired) electrons. The van der Waals surface area contributed by atoms with Crippen LogP contribution in [0.5, 0.6) is 0 Å². The highest BCUT2D eigenvalue weighted by Gasteiger charge is 2.29. The molecule has 3 aromatic rings. The van der Waals surface area contributed by atoms with Crippen LogP contribution in [0.15, 0.2) is 82.6 Å². The number of rotatable bonds is 8. The number of nitrogens with zero attached hydrogens (tertiary/aromatic N) is 1. The molecule has 162 valence electrons. The van der Waals surface area contributed by atoms with Gasteiger partial charge in [-0.2, -0.15) is 4.31 Å². The van der Waals surface area contributed by atoms with E-state index in [2.05, 4.69) is 5.32 Å². The molecule has 0 bridgehead atoms. The van der Waals surface area contributed by atoms with Gasteiger partial charge in [-0.1, -0.05) is 65.7 Å². The predicted molar refractivity (Wildman–Crippen MR) is 127 cm³/mol. The average Bonchev–Trinajstić information content (AvgIpc) is 2.76. The van der Waals surface area contributed by atoms with Crippen molar-refractivity contribution in [3.8, 4) is 0 Å². The van der Waals surface area contributed by atoms with Gasteiger partial charge in [0.15, 0.2) is 0 Å². The third-order valence-electron chi connectivity index (χ3n) is 4.41. The van der Waals surface area contributed by atoms with Crippen LogP contribution in [0.25, 0.3) is 0 Å². The first-order chi connectivity index (χ1) is 14.8. The van der Waals surface area contributed by atoms with E-state index in [4.69, 9.17) is 23.2 Å². The molecule has 9 heteroatoms. The quantitative estimate of drug-likeness (QED) is 0.417. The van der Waals surface area contributed by atoms with E-state index in [-0.39, 0.29) is 28.0 Å². The van der Waals surface area contributed by atoms with Gasteiger partial charge < -0.3 is 5.32 Å². The molecule has 0 spiro atoms. The number of benzene rings is 3. The van der Waals surface area contributed by atoms with Gasteiger partial charge in [0.1, 0.15) is 4.90 Å². The molecular weight excluding hydrogens is 475 g/mol. The lowest BCUT2D eigenvalue weighted by molar-refractivity contribution is -0.116. The minimum absolute atomic E-state index is 0.00358. The summed E-state index contributed by atoms with van der Waals surface area (Å²) >= 11 is 13.7.